The number of nitrogens with zero attached hydrogens (tertiary/aromatic N) is 4. The second-order valence-electron chi connectivity index (χ2n) is 5.47. The highest BCUT2D eigenvalue weighted by Gasteiger charge is 2.33. The molecule has 0 aliphatic heterocycles. The molecular formula is C17H10F3N5OS. The van der Waals surface area contributed by atoms with Gasteiger partial charge in [-0.15, -0.1) is 11.3 Å². The Morgan fingerprint density at radius 3 is 2.74 bits per heavy atom. The van der Waals surface area contributed by atoms with Crippen LogP contribution in [0.15, 0.2) is 54.3 Å². The van der Waals surface area contributed by atoms with Gasteiger partial charge in [0.05, 0.1) is 17.5 Å². The molecule has 4 aromatic rings. The Labute approximate surface area is 154 Å². The van der Waals surface area contributed by atoms with Gasteiger partial charge in [0, 0.05) is 23.3 Å². The maximum Gasteiger partial charge on any atom is 0.417 e. The van der Waals surface area contributed by atoms with Crippen molar-refractivity contribution in [3.63, 3.8) is 0 Å². The second-order valence-corrected chi connectivity index (χ2v) is 6.37. The first kappa shape index (κ1) is 17.2. The van der Waals surface area contributed by atoms with Crippen LogP contribution in [-0.4, -0.2) is 25.5 Å². The van der Waals surface area contributed by atoms with E-state index in [9.17, 15) is 18.0 Å². The zero-order valence-electron chi connectivity index (χ0n) is 13.4. The Kier molecular flexibility index (Phi) is 4.11. The number of nitrogens with one attached hydrogen (secondary N) is 1. The summed E-state index contributed by atoms with van der Waals surface area (Å²) in [6.45, 7) is 0. The molecule has 3 aromatic heterocycles. The van der Waals surface area contributed by atoms with Crippen LogP contribution in [0, 0.1) is 0 Å². The number of alkyl halides is 3. The lowest BCUT2D eigenvalue weighted by Crippen LogP contribution is -2.12. The zero-order chi connectivity index (χ0) is 19.0. The molecule has 0 bridgehead atoms. The molecule has 0 saturated heterocycles. The van der Waals surface area contributed by atoms with Gasteiger partial charge in [-0.2, -0.15) is 18.3 Å². The van der Waals surface area contributed by atoms with Crippen molar-refractivity contribution < 1.29 is 18.0 Å². The number of carbonyl (C=O) groups excluding carboxylic acids is 1. The molecule has 1 aromatic carbocycles. The Morgan fingerprint density at radius 2 is 2.00 bits per heavy atom. The summed E-state index contributed by atoms with van der Waals surface area (Å²) in [7, 11) is 0. The van der Waals surface area contributed by atoms with Crippen molar-refractivity contribution in [3.05, 3.63) is 65.4 Å². The van der Waals surface area contributed by atoms with Crippen LogP contribution in [0.5, 0.6) is 0 Å². The number of amides is 1. The van der Waals surface area contributed by atoms with E-state index in [0.29, 0.717) is 5.13 Å². The number of rotatable bonds is 3. The fourth-order valence-electron chi connectivity index (χ4n) is 2.58. The minimum atomic E-state index is -4.52. The molecule has 6 nitrogen and oxygen atoms in total. The summed E-state index contributed by atoms with van der Waals surface area (Å²) in [5.74, 6) is -0.492. The van der Waals surface area contributed by atoms with Gasteiger partial charge in [-0.25, -0.2) is 14.5 Å². The molecule has 3 heterocycles. The molecule has 0 atom stereocenters. The molecule has 4 rings (SSSR count). The third kappa shape index (κ3) is 3.26. The first-order valence-electron chi connectivity index (χ1n) is 7.65. The van der Waals surface area contributed by atoms with Gasteiger partial charge in [-0.1, -0.05) is 18.2 Å². The standard InChI is InChI=1S/C17H10F3N5OS/c18-17(19,20)12-4-2-1-3-10(12)13-5-7-25-14(23-13)11(9-22-25)15(26)24-16-21-6-8-27-16/h1-9H,(H,21,24,26). The molecule has 0 radical (unpaired) electrons. The fraction of sp³-hybridized carbons (Fsp3) is 0.0588. The summed E-state index contributed by atoms with van der Waals surface area (Å²) in [6, 6.07) is 6.58. The lowest BCUT2D eigenvalue weighted by molar-refractivity contribution is -0.137. The average Bonchev–Trinajstić information content (AvgIpc) is 3.29. The molecule has 0 spiro atoms. The molecule has 0 saturated carbocycles. The topological polar surface area (TPSA) is 72.2 Å². The van der Waals surface area contributed by atoms with Gasteiger partial charge in [-0.3, -0.25) is 10.1 Å². The quantitative estimate of drug-likeness (QED) is 0.572. The van der Waals surface area contributed by atoms with Crippen LogP contribution >= 0.6 is 11.3 Å². The number of benzene rings is 1. The number of aromatic nitrogens is 4. The Morgan fingerprint density at radius 1 is 1.19 bits per heavy atom. The number of fused-ring (bicyclic) bond motifs is 1. The van der Waals surface area contributed by atoms with Gasteiger partial charge in [0.2, 0.25) is 0 Å². The molecule has 27 heavy (non-hydrogen) atoms. The molecule has 1 amide bonds. The zero-order valence-corrected chi connectivity index (χ0v) is 14.3. The van der Waals surface area contributed by atoms with Gasteiger partial charge >= 0.3 is 6.18 Å². The molecule has 1 N–H and O–H groups in total. The van der Waals surface area contributed by atoms with Crippen LogP contribution in [-0.2, 0) is 6.18 Å². The number of thiazole rings is 1. The lowest BCUT2D eigenvalue weighted by Gasteiger charge is -2.12. The summed E-state index contributed by atoms with van der Waals surface area (Å²) in [5.41, 5.74) is -0.482. The first-order valence-corrected chi connectivity index (χ1v) is 8.53. The van der Waals surface area contributed by atoms with Crippen LogP contribution in [0.2, 0.25) is 0 Å². The highest BCUT2D eigenvalue weighted by molar-refractivity contribution is 7.13. The summed E-state index contributed by atoms with van der Waals surface area (Å²) in [5, 5.41) is 8.74. The van der Waals surface area contributed by atoms with E-state index in [2.05, 4.69) is 20.4 Å². The van der Waals surface area contributed by atoms with Crippen molar-refractivity contribution in [1.82, 2.24) is 19.6 Å². The van der Waals surface area contributed by atoms with E-state index in [-0.39, 0.29) is 22.5 Å². The maximum atomic E-state index is 13.3. The predicted octanol–water partition coefficient (Wildman–Crippen LogP) is 4.12. The van der Waals surface area contributed by atoms with Gasteiger partial charge in [-0.05, 0) is 12.1 Å². The van der Waals surface area contributed by atoms with Crippen molar-refractivity contribution in [1.29, 1.82) is 0 Å². The third-order valence-corrected chi connectivity index (χ3v) is 4.46. The summed E-state index contributed by atoms with van der Waals surface area (Å²) < 4.78 is 41.2. The first-order chi connectivity index (χ1) is 12.9. The van der Waals surface area contributed by atoms with Gasteiger partial charge in [0.15, 0.2) is 10.8 Å². The molecule has 0 aliphatic carbocycles. The number of hydrogen-bond acceptors (Lipinski definition) is 5. The number of carbonyl (C=O) groups is 1. The van der Waals surface area contributed by atoms with Crippen molar-refractivity contribution in [2.75, 3.05) is 5.32 Å². The van der Waals surface area contributed by atoms with E-state index in [0.717, 1.165) is 6.07 Å². The average molecular weight is 389 g/mol. The van der Waals surface area contributed by atoms with Gasteiger partial charge < -0.3 is 0 Å². The highest BCUT2D eigenvalue weighted by Crippen LogP contribution is 2.36. The Hall–Kier alpha value is -3.27. The largest absolute Gasteiger partial charge is 0.417 e. The number of hydrogen-bond donors (Lipinski definition) is 1. The molecule has 136 valence electrons. The summed E-state index contributed by atoms with van der Waals surface area (Å²) >= 11 is 1.24. The molecule has 0 unspecified atom stereocenters. The molecule has 10 heteroatoms. The van der Waals surface area contributed by atoms with Crippen molar-refractivity contribution in [2.45, 2.75) is 6.18 Å². The predicted molar refractivity (Wildman–Crippen MR) is 93.5 cm³/mol. The SMILES string of the molecule is O=C(Nc1nccs1)c1cnn2ccc(-c3ccccc3C(F)(F)F)nc12. The van der Waals surface area contributed by atoms with Crippen molar-refractivity contribution >= 4 is 28.0 Å². The van der Waals surface area contributed by atoms with Gasteiger partial charge in [0.25, 0.3) is 5.91 Å². The molecule has 0 fully saturated rings. The monoisotopic (exact) mass is 389 g/mol. The summed E-state index contributed by atoms with van der Waals surface area (Å²) in [4.78, 5) is 20.7. The van der Waals surface area contributed by atoms with Crippen molar-refractivity contribution in [2.24, 2.45) is 0 Å². The van der Waals surface area contributed by atoms with E-state index in [1.807, 2.05) is 0 Å². The fourth-order valence-corrected chi connectivity index (χ4v) is 3.11. The molecule has 0 aliphatic rings. The van der Waals surface area contributed by atoms with E-state index in [1.165, 1.54) is 52.5 Å². The van der Waals surface area contributed by atoms with Crippen LogP contribution in [0.3, 0.4) is 0 Å². The minimum Gasteiger partial charge on any atom is -0.298 e. The van der Waals surface area contributed by atoms with Crippen LogP contribution in [0.4, 0.5) is 18.3 Å². The summed E-state index contributed by atoms with van der Waals surface area (Å²) in [6.07, 6.45) is -0.202. The van der Waals surface area contributed by atoms with E-state index >= 15 is 0 Å². The van der Waals surface area contributed by atoms with E-state index in [4.69, 9.17) is 0 Å². The van der Waals surface area contributed by atoms with E-state index < -0.39 is 17.6 Å². The minimum absolute atomic E-state index is 0.0695. The maximum absolute atomic E-state index is 13.3. The normalized spacial score (nSPS) is 11.7. The van der Waals surface area contributed by atoms with Crippen LogP contribution in [0.25, 0.3) is 16.9 Å². The second kappa shape index (κ2) is 6.47. The third-order valence-electron chi connectivity index (χ3n) is 3.77. The number of halogens is 3. The van der Waals surface area contributed by atoms with Gasteiger partial charge in [0.1, 0.15) is 5.56 Å². The highest BCUT2D eigenvalue weighted by atomic mass is 32.1. The van der Waals surface area contributed by atoms with Crippen LogP contribution in [0.1, 0.15) is 15.9 Å². The van der Waals surface area contributed by atoms with Crippen LogP contribution < -0.4 is 5.32 Å². The Balaban J connectivity index is 1.78. The lowest BCUT2D eigenvalue weighted by atomic mass is 10.0. The smallest absolute Gasteiger partial charge is 0.298 e. The molecular weight excluding hydrogens is 379 g/mol. The Bertz CT molecular complexity index is 1120. The van der Waals surface area contributed by atoms with Crippen molar-refractivity contribution in [3.8, 4) is 11.3 Å². The number of anilines is 1. The van der Waals surface area contributed by atoms with E-state index in [1.54, 1.807) is 11.6 Å².